The van der Waals surface area contributed by atoms with Crippen LogP contribution in [0.3, 0.4) is 0 Å². The van der Waals surface area contributed by atoms with E-state index in [1.165, 1.54) is 17.9 Å². The smallest absolute Gasteiger partial charge is 0.244 e. The van der Waals surface area contributed by atoms with Crippen molar-refractivity contribution in [2.24, 2.45) is 0 Å². The second kappa shape index (κ2) is 11.0. The van der Waals surface area contributed by atoms with Crippen molar-refractivity contribution < 1.29 is 27.5 Å². The third kappa shape index (κ3) is 5.92. The number of carbonyl (C=O) groups excluding carboxylic acids is 2. The van der Waals surface area contributed by atoms with Crippen LogP contribution in [0.15, 0.2) is 42.5 Å². The number of anilines is 1. The van der Waals surface area contributed by atoms with E-state index < -0.39 is 28.5 Å². The summed E-state index contributed by atoms with van der Waals surface area (Å²) in [5, 5.41) is 3.26. The maximum Gasteiger partial charge on any atom is 0.244 e. The summed E-state index contributed by atoms with van der Waals surface area (Å²) in [5.41, 5.74) is 1.03. The van der Waals surface area contributed by atoms with E-state index in [-0.39, 0.29) is 30.7 Å². The van der Waals surface area contributed by atoms with Gasteiger partial charge in [0.15, 0.2) is 11.5 Å². The highest BCUT2D eigenvalue weighted by Gasteiger charge is 2.31. The van der Waals surface area contributed by atoms with Crippen LogP contribution in [0.25, 0.3) is 0 Å². The molecule has 1 heterocycles. The molecular formula is C23H28ClN3O6S. The van der Waals surface area contributed by atoms with Gasteiger partial charge in [-0.1, -0.05) is 23.7 Å². The first-order valence-corrected chi connectivity index (χ1v) is 12.9. The maximum atomic E-state index is 13.5. The average Bonchev–Trinajstić information content (AvgIpc) is 3.29. The molecule has 184 valence electrons. The molecule has 0 aliphatic carbocycles. The van der Waals surface area contributed by atoms with E-state index in [4.69, 9.17) is 21.1 Å². The van der Waals surface area contributed by atoms with Crippen LogP contribution in [0.2, 0.25) is 5.02 Å². The van der Waals surface area contributed by atoms with Crippen molar-refractivity contribution in [3.8, 4) is 11.5 Å². The lowest BCUT2D eigenvalue weighted by molar-refractivity contribution is -0.139. The van der Waals surface area contributed by atoms with Crippen LogP contribution in [0.4, 0.5) is 5.69 Å². The highest BCUT2D eigenvalue weighted by molar-refractivity contribution is 7.92. The number of hydrogen-bond donors (Lipinski definition) is 1. The Labute approximate surface area is 204 Å². The number of fused-ring (bicyclic) bond motifs is 1. The Morgan fingerprint density at radius 1 is 1.09 bits per heavy atom. The van der Waals surface area contributed by atoms with Crippen LogP contribution in [-0.4, -0.2) is 56.8 Å². The number of nitrogens with zero attached hydrogens (tertiary/aromatic N) is 2. The van der Waals surface area contributed by atoms with Crippen LogP contribution in [0.5, 0.6) is 11.5 Å². The Morgan fingerprint density at radius 2 is 1.76 bits per heavy atom. The molecule has 0 saturated carbocycles. The Hall–Kier alpha value is -2.98. The van der Waals surface area contributed by atoms with Gasteiger partial charge in [0.05, 0.1) is 11.4 Å². The van der Waals surface area contributed by atoms with Gasteiger partial charge in [-0.25, -0.2) is 8.42 Å². The van der Waals surface area contributed by atoms with Gasteiger partial charge in [0.25, 0.3) is 0 Å². The molecule has 11 heteroatoms. The maximum absolute atomic E-state index is 13.5. The van der Waals surface area contributed by atoms with Crippen molar-refractivity contribution in [2.75, 3.05) is 29.9 Å². The number of halogens is 1. The molecule has 0 saturated heterocycles. The number of rotatable bonds is 10. The van der Waals surface area contributed by atoms with Crippen LogP contribution in [-0.2, 0) is 26.2 Å². The highest BCUT2D eigenvalue weighted by atomic mass is 35.5. The number of amides is 2. The summed E-state index contributed by atoms with van der Waals surface area (Å²) in [6.07, 6.45) is 0. The van der Waals surface area contributed by atoms with Gasteiger partial charge in [-0.3, -0.25) is 13.9 Å². The quantitative estimate of drug-likeness (QED) is 0.528. The second-order valence-electron chi connectivity index (χ2n) is 7.66. The zero-order valence-electron chi connectivity index (χ0n) is 19.3. The molecule has 3 rings (SSSR count). The first-order valence-electron chi connectivity index (χ1n) is 10.9. The van der Waals surface area contributed by atoms with Crippen molar-refractivity contribution in [3.63, 3.8) is 0 Å². The molecule has 0 radical (unpaired) electrons. The summed E-state index contributed by atoms with van der Waals surface area (Å²) in [6, 6.07) is 10.8. The third-order valence-corrected chi connectivity index (χ3v) is 7.40. The summed E-state index contributed by atoms with van der Waals surface area (Å²) in [5.74, 6) is -0.174. The molecule has 1 atom stereocenters. The fraction of sp³-hybridized carbons (Fsp3) is 0.391. The summed E-state index contributed by atoms with van der Waals surface area (Å²) in [4.78, 5) is 27.4. The molecule has 2 amide bonds. The van der Waals surface area contributed by atoms with Gasteiger partial charge >= 0.3 is 0 Å². The molecule has 9 nitrogen and oxygen atoms in total. The lowest BCUT2D eigenvalue weighted by Gasteiger charge is -2.31. The molecule has 0 fully saturated rings. The minimum absolute atomic E-state index is 0.0389. The molecule has 0 spiro atoms. The molecule has 0 bridgehead atoms. The zero-order valence-corrected chi connectivity index (χ0v) is 20.9. The summed E-state index contributed by atoms with van der Waals surface area (Å²) in [7, 11) is -3.82. The van der Waals surface area contributed by atoms with E-state index in [0.717, 1.165) is 9.87 Å². The summed E-state index contributed by atoms with van der Waals surface area (Å²) in [6.45, 7) is 4.96. The van der Waals surface area contributed by atoms with Crippen LogP contribution < -0.4 is 19.1 Å². The number of benzene rings is 2. The molecule has 1 N–H and O–H groups in total. The van der Waals surface area contributed by atoms with Gasteiger partial charge in [0, 0.05) is 24.2 Å². The molecule has 34 heavy (non-hydrogen) atoms. The molecule has 1 aliphatic heterocycles. The van der Waals surface area contributed by atoms with Gasteiger partial charge in [0.1, 0.15) is 12.6 Å². The minimum atomic E-state index is -3.82. The number of carbonyl (C=O) groups is 2. The topological polar surface area (TPSA) is 105 Å². The van der Waals surface area contributed by atoms with Gasteiger partial charge in [-0.05, 0) is 50.6 Å². The van der Waals surface area contributed by atoms with Gasteiger partial charge in [-0.2, -0.15) is 0 Å². The average molecular weight is 510 g/mol. The van der Waals surface area contributed by atoms with E-state index in [9.17, 15) is 18.0 Å². The molecule has 1 aliphatic rings. The number of sulfonamides is 1. The fourth-order valence-corrected chi connectivity index (χ4v) is 4.63. The van der Waals surface area contributed by atoms with E-state index in [0.29, 0.717) is 23.1 Å². The fourth-order valence-electron chi connectivity index (χ4n) is 3.45. The Balaban J connectivity index is 1.93. The van der Waals surface area contributed by atoms with Crippen molar-refractivity contribution in [1.29, 1.82) is 0 Å². The number of likely N-dealkylation sites (N-methyl/N-ethyl adjacent to an activating group) is 1. The summed E-state index contributed by atoms with van der Waals surface area (Å²) >= 11 is 5.97. The van der Waals surface area contributed by atoms with E-state index in [1.54, 1.807) is 50.2 Å². The minimum Gasteiger partial charge on any atom is -0.454 e. The SMILES string of the molecule is CCNC(=O)[C@@H](C)N(Cc1ccc(Cl)cc1)C(=O)CN(c1ccc2c(c1)OCO2)S(=O)(=O)CC. The van der Waals surface area contributed by atoms with E-state index >= 15 is 0 Å². The van der Waals surface area contributed by atoms with E-state index in [1.807, 2.05) is 0 Å². The largest absolute Gasteiger partial charge is 0.454 e. The van der Waals surface area contributed by atoms with Crippen molar-refractivity contribution in [3.05, 3.63) is 53.1 Å². The van der Waals surface area contributed by atoms with Crippen molar-refractivity contribution in [2.45, 2.75) is 33.4 Å². The standard InChI is InChI=1S/C23H28ClN3O6S/c1-4-25-23(29)16(3)26(13-17-6-8-18(24)9-7-17)22(28)14-27(34(30,31)5-2)19-10-11-20-21(12-19)33-15-32-20/h6-12,16H,4-5,13-15H2,1-3H3,(H,25,29)/t16-/m1/s1. The normalized spacial score (nSPS) is 13.3. The van der Waals surface area contributed by atoms with Crippen molar-refractivity contribution in [1.82, 2.24) is 10.2 Å². The van der Waals surface area contributed by atoms with Crippen LogP contribution in [0, 0.1) is 0 Å². The van der Waals surface area contributed by atoms with Crippen LogP contribution in [0.1, 0.15) is 26.3 Å². The Bertz CT molecular complexity index is 1140. The number of ether oxygens (including phenoxy) is 2. The molecule has 0 unspecified atom stereocenters. The molecule has 2 aromatic carbocycles. The van der Waals surface area contributed by atoms with Gasteiger partial charge < -0.3 is 19.7 Å². The predicted molar refractivity (Wildman–Crippen MR) is 130 cm³/mol. The zero-order chi connectivity index (χ0) is 24.9. The van der Waals surface area contributed by atoms with Gasteiger partial charge in [0.2, 0.25) is 28.6 Å². The van der Waals surface area contributed by atoms with E-state index in [2.05, 4.69) is 5.32 Å². The van der Waals surface area contributed by atoms with Gasteiger partial charge in [-0.15, -0.1) is 0 Å². The monoisotopic (exact) mass is 509 g/mol. The number of hydrogen-bond acceptors (Lipinski definition) is 6. The predicted octanol–water partition coefficient (Wildman–Crippen LogP) is 2.78. The van der Waals surface area contributed by atoms with Crippen molar-refractivity contribution >= 4 is 39.1 Å². The number of nitrogens with one attached hydrogen (secondary N) is 1. The molecule has 0 aromatic heterocycles. The first-order chi connectivity index (χ1) is 16.2. The second-order valence-corrected chi connectivity index (χ2v) is 10.3. The Kier molecular flexibility index (Phi) is 8.27. The highest BCUT2D eigenvalue weighted by Crippen LogP contribution is 2.36. The lowest BCUT2D eigenvalue weighted by atomic mass is 10.1. The molecular weight excluding hydrogens is 482 g/mol. The lowest BCUT2D eigenvalue weighted by Crippen LogP contribution is -2.51. The van der Waals surface area contributed by atoms with Crippen LogP contribution >= 0.6 is 11.6 Å². The third-order valence-electron chi connectivity index (χ3n) is 5.41. The first kappa shape index (κ1) is 25.6. The summed E-state index contributed by atoms with van der Waals surface area (Å²) < 4.78 is 37.6. The Morgan fingerprint density at radius 3 is 2.41 bits per heavy atom. The molecule has 2 aromatic rings.